The van der Waals surface area contributed by atoms with E-state index in [-0.39, 0.29) is 0 Å². The lowest BCUT2D eigenvalue weighted by Crippen LogP contribution is -2.12. The third-order valence-electron chi connectivity index (χ3n) is 2.41. The van der Waals surface area contributed by atoms with Gasteiger partial charge in [-0.05, 0) is 13.1 Å². The van der Waals surface area contributed by atoms with Gasteiger partial charge in [0.05, 0.1) is 18.8 Å². The van der Waals surface area contributed by atoms with Crippen molar-refractivity contribution in [2.45, 2.75) is 6.42 Å². The van der Waals surface area contributed by atoms with Gasteiger partial charge in [0.25, 0.3) is 0 Å². The first-order valence-corrected chi connectivity index (χ1v) is 4.99. The molecule has 15 heavy (non-hydrogen) atoms. The fourth-order valence-electron chi connectivity index (χ4n) is 1.58. The Bertz CT molecular complexity index is 450. The number of nitrogens with one attached hydrogen (secondary N) is 1. The van der Waals surface area contributed by atoms with Gasteiger partial charge in [-0.2, -0.15) is 0 Å². The van der Waals surface area contributed by atoms with Crippen molar-refractivity contribution in [3.63, 3.8) is 0 Å². The number of ether oxygens (including phenoxy) is 1. The Morgan fingerprint density at radius 3 is 3.13 bits per heavy atom. The lowest BCUT2D eigenvalue weighted by molar-refractivity contribution is 0.414. The molecule has 0 aromatic carbocycles. The minimum Gasteiger partial charge on any atom is -0.497 e. The molecule has 0 radical (unpaired) electrons. The quantitative estimate of drug-likeness (QED) is 0.812. The molecule has 0 unspecified atom stereocenters. The van der Waals surface area contributed by atoms with Gasteiger partial charge >= 0.3 is 0 Å². The van der Waals surface area contributed by atoms with Gasteiger partial charge in [-0.3, -0.25) is 0 Å². The fraction of sp³-hybridized carbons (Fsp3) is 0.364. The third-order valence-corrected chi connectivity index (χ3v) is 2.41. The van der Waals surface area contributed by atoms with Crippen LogP contribution < -0.4 is 10.1 Å². The average molecular weight is 205 g/mol. The van der Waals surface area contributed by atoms with E-state index in [1.54, 1.807) is 7.11 Å². The maximum Gasteiger partial charge on any atom is 0.122 e. The second-order valence-corrected chi connectivity index (χ2v) is 3.39. The molecule has 4 nitrogen and oxygen atoms in total. The van der Waals surface area contributed by atoms with Crippen LogP contribution in [0.3, 0.4) is 0 Å². The van der Waals surface area contributed by atoms with Crippen molar-refractivity contribution in [3.05, 3.63) is 30.4 Å². The zero-order chi connectivity index (χ0) is 10.7. The largest absolute Gasteiger partial charge is 0.497 e. The standard InChI is InChI=1S/C11H15N3O/c1-12-5-3-11-13-8-9-7-10(15-2)4-6-14(9)11/h4,6-8,12H,3,5H2,1-2H3. The van der Waals surface area contributed by atoms with Crippen molar-refractivity contribution in [1.29, 1.82) is 0 Å². The van der Waals surface area contributed by atoms with Crippen LogP contribution in [0.1, 0.15) is 5.82 Å². The molecule has 0 aliphatic rings. The molecule has 0 amide bonds. The van der Waals surface area contributed by atoms with E-state index in [0.29, 0.717) is 0 Å². The van der Waals surface area contributed by atoms with Crippen LogP contribution >= 0.6 is 0 Å². The maximum atomic E-state index is 5.16. The second kappa shape index (κ2) is 4.31. The molecule has 0 saturated heterocycles. The minimum absolute atomic E-state index is 0.863. The molecular formula is C11H15N3O. The van der Waals surface area contributed by atoms with Crippen LogP contribution in [0, 0.1) is 0 Å². The molecule has 2 aromatic heterocycles. The third kappa shape index (κ3) is 1.94. The van der Waals surface area contributed by atoms with Crippen LogP contribution in [0.2, 0.25) is 0 Å². The molecule has 0 atom stereocenters. The minimum atomic E-state index is 0.863. The summed E-state index contributed by atoms with van der Waals surface area (Å²) < 4.78 is 7.24. The molecule has 0 aliphatic heterocycles. The van der Waals surface area contributed by atoms with Crippen LogP contribution in [0.5, 0.6) is 5.75 Å². The number of methoxy groups -OCH3 is 1. The maximum absolute atomic E-state index is 5.16. The van der Waals surface area contributed by atoms with Crippen LogP contribution in [-0.4, -0.2) is 30.1 Å². The molecule has 0 aliphatic carbocycles. The summed E-state index contributed by atoms with van der Waals surface area (Å²) in [5.74, 6) is 1.93. The molecule has 0 bridgehead atoms. The van der Waals surface area contributed by atoms with E-state index in [2.05, 4.69) is 14.7 Å². The highest BCUT2D eigenvalue weighted by Crippen LogP contribution is 2.15. The number of pyridine rings is 1. The topological polar surface area (TPSA) is 38.6 Å². The first kappa shape index (κ1) is 9.98. The van der Waals surface area contributed by atoms with E-state index in [1.807, 2.05) is 31.6 Å². The molecule has 2 aromatic rings. The van der Waals surface area contributed by atoms with Crippen molar-refractivity contribution in [2.75, 3.05) is 20.7 Å². The van der Waals surface area contributed by atoms with E-state index in [4.69, 9.17) is 4.74 Å². The highest BCUT2D eigenvalue weighted by molar-refractivity contribution is 5.50. The Hall–Kier alpha value is -1.55. The number of imidazole rings is 1. The summed E-state index contributed by atoms with van der Waals surface area (Å²) in [6.45, 7) is 0.936. The summed E-state index contributed by atoms with van der Waals surface area (Å²) in [6.07, 6.45) is 4.79. The predicted octanol–water partition coefficient (Wildman–Crippen LogP) is 1.10. The van der Waals surface area contributed by atoms with Gasteiger partial charge in [0, 0.05) is 25.2 Å². The Labute approximate surface area is 88.9 Å². The number of hydrogen-bond donors (Lipinski definition) is 1. The Morgan fingerprint density at radius 1 is 1.53 bits per heavy atom. The fourth-order valence-corrected chi connectivity index (χ4v) is 1.58. The monoisotopic (exact) mass is 205 g/mol. The molecule has 2 rings (SSSR count). The van der Waals surface area contributed by atoms with Crippen molar-refractivity contribution in [1.82, 2.24) is 14.7 Å². The first-order valence-electron chi connectivity index (χ1n) is 4.99. The van der Waals surface area contributed by atoms with Crippen molar-refractivity contribution in [2.24, 2.45) is 0 Å². The Kier molecular flexibility index (Phi) is 2.87. The molecule has 0 spiro atoms. The lowest BCUT2D eigenvalue weighted by atomic mass is 10.3. The molecule has 80 valence electrons. The number of hydrogen-bond acceptors (Lipinski definition) is 3. The van der Waals surface area contributed by atoms with Crippen LogP contribution in [0.4, 0.5) is 0 Å². The van der Waals surface area contributed by atoms with Crippen LogP contribution in [0.25, 0.3) is 5.52 Å². The summed E-state index contributed by atoms with van der Waals surface area (Å²) in [4.78, 5) is 4.38. The van der Waals surface area contributed by atoms with Crippen LogP contribution in [0.15, 0.2) is 24.5 Å². The van der Waals surface area contributed by atoms with Gasteiger partial charge in [0.1, 0.15) is 11.6 Å². The van der Waals surface area contributed by atoms with E-state index >= 15 is 0 Å². The number of nitrogens with zero attached hydrogens (tertiary/aromatic N) is 2. The van der Waals surface area contributed by atoms with Crippen molar-refractivity contribution >= 4 is 5.52 Å². The summed E-state index contributed by atoms with van der Waals surface area (Å²) in [5.41, 5.74) is 1.07. The molecular weight excluding hydrogens is 190 g/mol. The second-order valence-electron chi connectivity index (χ2n) is 3.39. The Balaban J connectivity index is 2.34. The summed E-state index contributed by atoms with van der Waals surface area (Å²) in [5, 5.41) is 3.12. The van der Waals surface area contributed by atoms with Gasteiger partial charge in [-0.15, -0.1) is 0 Å². The van der Waals surface area contributed by atoms with Crippen molar-refractivity contribution in [3.8, 4) is 5.75 Å². The SMILES string of the molecule is CNCCc1ncc2cc(OC)ccn12. The first-order chi connectivity index (χ1) is 7.35. The van der Waals surface area contributed by atoms with Gasteiger partial charge in [0.15, 0.2) is 0 Å². The molecule has 1 N–H and O–H groups in total. The molecule has 2 heterocycles. The number of rotatable bonds is 4. The van der Waals surface area contributed by atoms with E-state index in [0.717, 1.165) is 30.1 Å². The molecule has 0 fully saturated rings. The van der Waals surface area contributed by atoms with E-state index in [1.165, 1.54) is 0 Å². The lowest BCUT2D eigenvalue weighted by Gasteiger charge is -2.03. The van der Waals surface area contributed by atoms with E-state index < -0.39 is 0 Å². The zero-order valence-corrected chi connectivity index (χ0v) is 9.03. The number of fused-ring (bicyclic) bond motifs is 1. The normalized spacial score (nSPS) is 10.8. The molecule has 0 saturated carbocycles. The van der Waals surface area contributed by atoms with Gasteiger partial charge in [-0.1, -0.05) is 0 Å². The molecule has 4 heteroatoms. The van der Waals surface area contributed by atoms with Gasteiger partial charge < -0.3 is 14.5 Å². The summed E-state index contributed by atoms with van der Waals surface area (Å²) >= 11 is 0. The zero-order valence-electron chi connectivity index (χ0n) is 9.03. The van der Waals surface area contributed by atoms with Crippen LogP contribution in [-0.2, 0) is 6.42 Å². The highest BCUT2D eigenvalue weighted by Gasteiger charge is 2.03. The smallest absolute Gasteiger partial charge is 0.122 e. The van der Waals surface area contributed by atoms with Gasteiger partial charge in [-0.25, -0.2) is 4.98 Å². The summed E-state index contributed by atoms with van der Waals surface area (Å²) in [6, 6.07) is 3.92. The average Bonchev–Trinajstić information content (AvgIpc) is 2.68. The Morgan fingerprint density at radius 2 is 2.40 bits per heavy atom. The van der Waals surface area contributed by atoms with E-state index in [9.17, 15) is 0 Å². The summed E-state index contributed by atoms with van der Waals surface area (Å²) in [7, 11) is 3.61. The number of likely N-dealkylation sites (N-methyl/N-ethyl adjacent to an activating group) is 1. The predicted molar refractivity (Wildman–Crippen MR) is 59.4 cm³/mol. The van der Waals surface area contributed by atoms with Gasteiger partial charge in [0.2, 0.25) is 0 Å². The number of aromatic nitrogens is 2. The van der Waals surface area contributed by atoms with Crippen molar-refractivity contribution < 1.29 is 4.74 Å². The highest BCUT2D eigenvalue weighted by atomic mass is 16.5.